The molecule has 0 saturated carbocycles. The minimum atomic E-state index is 0.357. The maximum atomic E-state index is 7.56. The van der Waals surface area contributed by atoms with Crippen molar-refractivity contribution in [3.05, 3.63) is 29.3 Å². The van der Waals surface area contributed by atoms with E-state index < -0.39 is 0 Å². The smallest absolute Gasteiger partial charge is 0.0709 e. The molecule has 0 aliphatic heterocycles. The lowest BCUT2D eigenvalue weighted by Gasteiger charge is -1.96. The monoisotopic (exact) mass is 204 g/mol. The molecule has 1 rings (SSSR count). The van der Waals surface area contributed by atoms with Crippen molar-refractivity contribution in [2.24, 2.45) is 0 Å². The van der Waals surface area contributed by atoms with E-state index in [9.17, 15) is 0 Å². The Morgan fingerprint density at radius 1 is 1.08 bits per heavy atom. The van der Waals surface area contributed by atoms with Crippen LogP contribution in [0.4, 0.5) is 5.69 Å². The first kappa shape index (κ1) is 9.92. The van der Waals surface area contributed by atoms with Crippen LogP contribution >= 0.6 is 25.3 Å². The lowest BCUT2D eigenvalue weighted by molar-refractivity contribution is 1.44. The predicted molar refractivity (Wildman–Crippen MR) is 60.9 cm³/mol. The summed E-state index contributed by atoms with van der Waals surface area (Å²) in [5, 5.41) is 4.92. The highest BCUT2D eigenvalue weighted by molar-refractivity contribution is 7.85. The van der Waals surface area contributed by atoms with Crippen LogP contribution in [-0.2, 0) is 0 Å². The second-order valence-electron chi connectivity index (χ2n) is 2.23. The maximum Gasteiger partial charge on any atom is 0.0709 e. The van der Waals surface area contributed by atoms with Gasteiger partial charge in [-0.2, -0.15) is 0 Å². The van der Waals surface area contributed by atoms with E-state index in [-0.39, 0.29) is 0 Å². The number of thiol groups is 2. The van der Waals surface area contributed by atoms with E-state index in [0.29, 0.717) is 11.3 Å². The van der Waals surface area contributed by atoms with Gasteiger partial charge in [0.1, 0.15) is 0 Å². The van der Waals surface area contributed by atoms with Gasteiger partial charge in [0, 0.05) is 5.56 Å². The lowest BCUT2D eigenvalue weighted by atomic mass is 10.1. The average molecular weight is 204 g/mol. The van der Waals surface area contributed by atoms with Gasteiger partial charge in [0.15, 0.2) is 0 Å². The van der Waals surface area contributed by atoms with E-state index in [1.807, 2.05) is 0 Å². The fourth-order valence-electron chi connectivity index (χ4n) is 0.856. The first-order valence-corrected chi connectivity index (χ1v) is 4.33. The van der Waals surface area contributed by atoms with Gasteiger partial charge >= 0.3 is 0 Å². The van der Waals surface area contributed by atoms with Gasteiger partial charge in [-0.3, -0.25) is 5.73 Å². The van der Waals surface area contributed by atoms with Crippen LogP contribution in [0.1, 0.15) is 11.1 Å². The van der Waals surface area contributed by atoms with Crippen LogP contribution in [0.5, 0.6) is 0 Å². The minimum Gasteiger partial charge on any atom is -0.300 e. The molecule has 0 saturated heterocycles. The largest absolute Gasteiger partial charge is 0.300 e. The summed E-state index contributed by atoms with van der Waals surface area (Å²) in [5.74, 6) is 5.45. The Labute approximate surface area is 88.5 Å². The molecule has 1 N–H and O–H groups in total. The second-order valence-corrected chi connectivity index (χ2v) is 2.68. The second kappa shape index (κ2) is 4.77. The Kier molecular flexibility index (Phi) is 3.64. The van der Waals surface area contributed by atoms with Crippen molar-refractivity contribution in [1.29, 1.82) is 0 Å². The van der Waals surface area contributed by atoms with Crippen molar-refractivity contribution < 1.29 is 0 Å². The predicted octanol–water partition coefficient (Wildman–Crippen LogP) is 2.08. The van der Waals surface area contributed by atoms with Crippen LogP contribution in [0.25, 0.3) is 0 Å². The number of nitrogens with one attached hydrogen (secondary N) is 1. The molecule has 0 aromatic heterocycles. The third-order valence-electron chi connectivity index (χ3n) is 1.41. The number of rotatable bonds is 0. The van der Waals surface area contributed by atoms with Crippen molar-refractivity contribution in [3.8, 4) is 22.3 Å². The van der Waals surface area contributed by atoms with E-state index in [4.69, 9.17) is 5.73 Å². The standard InChI is InChI=1S/C10H6NS2/c11-10-7-8(3-5-12)1-2-9(10)4-6-13/h1-2,7,11-13H. The molecular weight excluding hydrogens is 198 g/mol. The summed E-state index contributed by atoms with van der Waals surface area (Å²) in [6, 6.07) is 5.20. The van der Waals surface area contributed by atoms with Gasteiger partial charge in [0.2, 0.25) is 0 Å². The Bertz CT molecular complexity index is 430. The van der Waals surface area contributed by atoms with Gasteiger partial charge in [-0.25, -0.2) is 0 Å². The SMILES string of the molecule is [NH]c1cc(C#CS)ccc1C#CS. The molecule has 13 heavy (non-hydrogen) atoms. The minimum absolute atomic E-state index is 0.357. The third-order valence-corrected chi connectivity index (χ3v) is 1.63. The fourth-order valence-corrected chi connectivity index (χ4v) is 1.11. The fraction of sp³-hybridized carbons (Fsp3) is 0. The molecule has 0 heterocycles. The van der Waals surface area contributed by atoms with Gasteiger partial charge < -0.3 is 0 Å². The quantitative estimate of drug-likeness (QED) is 0.477. The lowest BCUT2D eigenvalue weighted by Crippen LogP contribution is -1.81. The molecule has 3 heteroatoms. The summed E-state index contributed by atoms with van der Waals surface area (Å²) in [6.45, 7) is 0. The first-order chi connectivity index (χ1) is 6.27. The molecular formula is C10H6NS2. The van der Waals surface area contributed by atoms with Crippen LogP contribution in [-0.4, -0.2) is 0 Å². The molecule has 1 radical (unpaired) electrons. The van der Waals surface area contributed by atoms with Crippen molar-refractivity contribution in [2.75, 3.05) is 0 Å². The summed E-state index contributed by atoms with van der Waals surface area (Å²) >= 11 is 7.53. The third kappa shape index (κ3) is 2.66. The van der Waals surface area contributed by atoms with Gasteiger partial charge in [-0.1, -0.05) is 37.1 Å². The van der Waals surface area contributed by atoms with Crippen molar-refractivity contribution in [1.82, 2.24) is 5.73 Å². The number of hydrogen-bond donors (Lipinski definition) is 2. The molecule has 0 fully saturated rings. The average Bonchev–Trinajstić information content (AvgIpc) is 2.10. The molecule has 1 nitrogen and oxygen atoms in total. The Morgan fingerprint density at radius 3 is 2.31 bits per heavy atom. The Hall–Kier alpha value is -1.16. The molecule has 1 aromatic rings. The van der Waals surface area contributed by atoms with Gasteiger partial charge in [-0.05, 0) is 28.7 Å². The number of hydrogen-bond acceptors (Lipinski definition) is 2. The number of benzene rings is 1. The summed E-state index contributed by atoms with van der Waals surface area (Å²) < 4.78 is 0. The maximum absolute atomic E-state index is 7.56. The zero-order valence-corrected chi connectivity index (χ0v) is 8.42. The molecule has 0 spiro atoms. The van der Waals surface area contributed by atoms with E-state index >= 15 is 0 Å². The summed E-state index contributed by atoms with van der Waals surface area (Å²) in [5.41, 5.74) is 9.34. The van der Waals surface area contributed by atoms with Crippen molar-refractivity contribution in [3.63, 3.8) is 0 Å². The Balaban J connectivity index is 3.15. The topological polar surface area (TPSA) is 23.8 Å². The molecule has 0 aliphatic rings. The van der Waals surface area contributed by atoms with Crippen LogP contribution in [0.3, 0.4) is 0 Å². The normalized spacial score (nSPS) is 7.85. The zero-order chi connectivity index (χ0) is 9.68. The highest BCUT2D eigenvalue weighted by atomic mass is 32.1. The van der Waals surface area contributed by atoms with E-state index in [1.165, 1.54) is 0 Å². The first-order valence-electron chi connectivity index (χ1n) is 3.44. The highest BCUT2D eigenvalue weighted by Gasteiger charge is 1.96. The van der Waals surface area contributed by atoms with Crippen LogP contribution in [0, 0.1) is 22.3 Å². The molecule has 0 aliphatic carbocycles. The zero-order valence-electron chi connectivity index (χ0n) is 6.63. The molecule has 0 bridgehead atoms. The highest BCUT2D eigenvalue weighted by Crippen LogP contribution is 2.14. The van der Waals surface area contributed by atoms with E-state index in [1.54, 1.807) is 18.2 Å². The Morgan fingerprint density at radius 2 is 1.77 bits per heavy atom. The molecule has 1 aromatic carbocycles. The van der Waals surface area contributed by atoms with Crippen molar-refractivity contribution in [2.45, 2.75) is 0 Å². The van der Waals surface area contributed by atoms with E-state index in [2.05, 4.69) is 47.6 Å². The molecule has 63 valence electrons. The van der Waals surface area contributed by atoms with Gasteiger partial charge in [0.25, 0.3) is 0 Å². The van der Waals surface area contributed by atoms with Crippen LogP contribution < -0.4 is 5.73 Å². The summed E-state index contributed by atoms with van der Waals surface area (Å²) in [6.07, 6.45) is 0. The van der Waals surface area contributed by atoms with Gasteiger partial charge in [0.05, 0.1) is 11.3 Å². The molecule has 0 atom stereocenters. The van der Waals surface area contributed by atoms with Crippen molar-refractivity contribution >= 4 is 30.9 Å². The summed E-state index contributed by atoms with van der Waals surface area (Å²) in [7, 11) is 0. The molecule has 0 unspecified atom stereocenters. The van der Waals surface area contributed by atoms with Crippen LogP contribution in [0.2, 0.25) is 0 Å². The molecule has 0 amide bonds. The van der Waals surface area contributed by atoms with E-state index in [0.717, 1.165) is 5.56 Å². The van der Waals surface area contributed by atoms with Gasteiger partial charge in [-0.15, -0.1) is 0 Å². The summed E-state index contributed by atoms with van der Waals surface area (Å²) in [4.78, 5) is 0. The van der Waals surface area contributed by atoms with Crippen LogP contribution in [0.15, 0.2) is 18.2 Å².